The van der Waals surface area contributed by atoms with E-state index in [4.69, 9.17) is 4.74 Å². The average Bonchev–Trinajstić information content (AvgIpc) is 2.30. The first-order valence-corrected chi connectivity index (χ1v) is 5.06. The number of rotatable bonds is 2. The highest BCUT2D eigenvalue weighted by atomic mass is 16.5. The molecular formula is C9H13N3O5. The Morgan fingerprint density at radius 1 is 1.41 bits per heavy atom. The van der Waals surface area contributed by atoms with Gasteiger partial charge >= 0.3 is 5.69 Å². The molecule has 2 heterocycles. The predicted octanol–water partition coefficient (Wildman–Crippen LogP) is -2.38. The summed E-state index contributed by atoms with van der Waals surface area (Å²) in [4.78, 5) is 16.9. The largest absolute Gasteiger partial charge is 0.388 e. The number of aromatic amines is 1. The summed E-state index contributed by atoms with van der Waals surface area (Å²) in [7, 11) is 0. The number of anilines is 1. The molecule has 94 valence electrons. The third kappa shape index (κ3) is 2.61. The van der Waals surface area contributed by atoms with Crippen molar-refractivity contribution in [3.8, 4) is 0 Å². The number of aliphatic hydroxyl groups excluding tert-OH is 3. The van der Waals surface area contributed by atoms with Crippen molar-refractivity contribution in [3.63, 3.8) is 0 Å². The Morgan fingerprint density at radius 2 is 2.18 bits per heavy atom. The third-order valence-corrected chi connectivity index (χ3v) is 2.46. The molecule has 1 saturated heterocycles. The van der Waals surface area contributed by atoms with Crippen molar-refractivity contribution in [1.29, 1.82) is 0 Å². The van der Waals surface area contributed by atoms with Crippen LogP contribution in [0.1, 0.15) is 0 Å². The Bertz CT molecular complexity index is 437. The number of nitrogens with one attached hydrogen (secondary N) is 2. The highest BCUT2D eigenvalue weighted by molar-refractivity contribution is 5.32. The summed E-state index contributed by atoms with van der Waals surface area (Å²) in [5.41, 5.74) is -0.541. The summed E-state index contributed by atoms with van der Waals surface area (Å²) in [6.07, 6.45) is -3.28. The lowest BCUT2D eigenvalue weighted by Gasteiger charge is -2.35. The topological polar surface area (TPSA) is 128 Å². The highest BCUT2D eigenvalue weighted by Crippen LogP contribution is 2.16. The summed E-state index contributed by atoms with van der Waals surface area (Å²) in [6.45, 7) is -0.112. The summed E-state index contributed by atoms with van der Waals surface area (Å²) < 4.78 is 5.09. The van der Waals surface area contributed by atoms with Crippen LogP contribution in [0, 0.1) is 0 Å². The molecule has 0 radical (unpaired) electrons. The first kappa shape index (κ1) is 12.0. The Labute approximate surface area is 95.9 Å². The molecule has 17 heavy (non-hydrogen) atoms. The van der Waals surface area contributed by atoms with E-state index in [2.05, 4.69) is 15.3 Å². The Balaban J connectivity index is 2.06. The van der Waals surface area contributed by atoms with Gasteiger partial charge in [0.1, 0.15) is 24.1 Å². The molecule has 0 bridgehead atoms. The maximum atomic E-state index is 10.9. The standard InChI is InChI=1S/C9H13N3O5/c13-4-3-17-8(7(15)6(4)14)11-5-1-2-10-9(16)12-5/h1-2,4,6-8,13-15H,3H2,(H2,10,11,12,16). The molecule has 0 saturated carbocycles. The minimum absolute atomic E-state index is 0.112. The van der Waals surface area contributed by atoms with Gasteiger partial charge < -0.3 is 30.4 Å². The van der Waals surface area contributed by atoms with Gasteiger partial charge in [0.05, 0.1) is 6.61 Å². The molecular weight excluding hydrogens is 230 g/mol. The van der Waals surface area contributed by atoms with Gasteiger partial charge in [-0.25, -0.2) is 4.79 Å². The van der Waals surface area contributed by atoms with Crippen LogP contribution in [0.5, 0.6) is 0 Å². The first-order valence-electron chi connectivity index (χ1n) is 5.06. The van der Waals surface area contributed by atoms with Gasteiger partial charge in [-0.2, -0.15) is 4.98 Å². The minimum atomic E-state index is -1.31. The molecule has 4 atom stereocenters. The van der Waals surface area contributed by atoms with Gasteiger partial charge in [-0.05, 0) is 6.07 Å². The highest BCUT2D eigenvalue weighted by Gasteiger charge is 2.37. The zero-order valence-corrected chi connectivity index (χ0v) is 8.78. The van der Waals surface area contributed by atoms with Gasteiger partial charge in [-0.1, -0.05) is 0 Å². The van der Waals surface area contributed by atoms with Gasteiger partial charge in [0.25, 0.3) is 0 Å². The van der Waals surface area contributed by atoms with Crippen molar-refractivity contribution >= 4 is 5.82 Å². The lowest BCUT2D eigenvalue weighted by Crippen LogP contribution is -2.55. The second-order valence-electron chi connectivity index (χ2n) is 3.73. The first-order chi connectivity index (χ1) is 8.08. The van der Waals surface area contributed by atoms with E-state index in [1.807, 2.05) is 0 Å². The van der Waals surface area contributed by atoms with Crippen LogP contribution in [0.4, 0.5) is 5.82 Å². The SMILES string of the molecule is O=c1nc(NC2OCC(O)C(O)C2O)cc[nH]1. The fourth-order valence-corrected chi connectivity index (χ4v) is 1.53. The number of ether oxygens (including phenoxy) is 1. The summed E-state index contributed by atoms with van der Waals surface area (Å²) in [6, 6.07) is 1.48. The fraction of sp³-hybridized carbons (Fsp3) is 0.556. The quantitative estimate of drug-likeness (QED) is 0.392. The van der Waals surface area contributed by atoms with E-state index in [9.17, 15) is 20.1 Å². The molecule has 4 unspecified atom stereocenters. The molecule has 0 spiro atoms. The molecule has 1 aliphatic rings. The van der Waals surface area contributed by atoms with Crippen molar-refractivity contribution < 1.29 is 20.1 Å². The zero-order chi connectivity index (χ0) is 12.4. The van der Waals surface area contributed by atoms with E-state index < -0.39 is 30.2 Å². The Hall–Kier alpha value is -1.48. The van der Waals surface area contributed by atoms with Gasteiger partial charge in [0.15, 0.2) is 6.23 Å². The van der Waals surface area contributed by atoms with Crippen LogP contribution < -0.4 is 11.0 Å². The number of hydrogen-bond acceptors (Lipinski definition) is 7. The molecule has 0 aromatic carbocycles. The monoisotopic (exact) mass is 243 g/mol. The smallest absolute Gasteiger partial charge is 0.346 e. The summed E-state index contributed by atoms with van der Waals surface area (Å²) in [5.74, 6) is 0.210. The number of aliphatic hydroxyl groups is 3. The molecule has 5 N–H and O–H groups in total. The van der Waals surface area contributed by atoms with E-state index in [0.717, 1.165) is 0 Å². The molecule has 2 rings (SSSR count). The van der Waals surface area contributed by atoms with E-state index in [-0.39, 0.29) is 12.4 Å². The van der Waals surface area contributed by atoms with Gasteiger partial charge in [-0.15, -0.1) is 0 Å². The van der Waals surface area contributed by atoms with Crippen LogP contribution in [0.15, 0.2) is 17.1 Å². The van der Waals surface area contributed by atoms with Crippen molar-refractivity contribution in [2.45, 2.75) is 24.5 Å². The van der Waals surface area contributed by atoms with E-state index in [1.165, 1.54) is 12.3 Å². The maximum Gasteiger partial charge on any atom is 0.346 e. The van der Waals surface area contributed by atoms with Crippen LogP contribution in [-0.4, -0.2) is 56.4 Å². The minimum Gasteiger partial charge on any atom is -0.388 e. The van der Waals surface area contributed by atoms with Crippen molar-refractivity contribution in [2.75, 3.05) is 11.9 Å². The molecule has 1 aromatic heterocycles. The van der Waals surface area contributed by atoms with E-state index >= 15 is 0 Å². The predicted molar refractivity (Wildman–Crippen MR) is 56.2 cm³/mol. The third-order valence-electron chi connectivity index (χ3n) is 2.46. The van der Waals surface area contributed by atoms with Crippen molar-refractivity contribution in [1.82, 2.24) is 9.97 Å². The van der Waals surface area contributed by atoms with Crippen LogP contribution in [0.3, 0.4) is 0 Å². The van der Waals surface area contributed by atoms with Crippen molar-refractivity contribution in [3.05, 3.63) is 22.7 Å². The molecule has 0 amide bonds. The maximum absolute atomic E-state index is 10.9. The van der Waals surface area contributed by atoms with Crippen LogP contribution in [0.2, 0.25) is 0 Å². The summed E-state index contributed by atoms with van der Waals surface area (Å²) >= 11 is 0. The van der Waals surface area contributed by atoms with Crippen molar-refractivity contribution in [2.24, 2.45) is 0 Å². The number of nitrogens with zero attached hydrogens (tertiary/aromatic N) is 1. The zero-order valence-electron chi connectivity index (χ0n) is 8.78. The Kier molecular flexibility index (Phi) is 3.38. The van der Waals surface area contributed by atoms with Crippen LogP contribution >= 0.6 is 0 Å². The van der Waals surface area contributed by atoms with Gasteiger partial charge in [-0.3, -0.25) is 0 Å². The average molecular weight is 243 g/mol. The second-order valence-corrected chi connectivity index (χ2v) is 3.73. The second kappa shape index (κ2) is 4.80. The molecule has 0 aliphatic carbocycles. The molecule has 8 nitrogen and oxygen atoms in total. The number of hydrogen-bond donors (Lipinski definition) is 5. The number of H-pyrrole nitrogens is 1. The van der Waals surface area contributed by atoms with E-state index in [0.29, 0.717) is 0 Å². The normalized spacial score (nSPS) is 33.4. The molecule has 1 fully saturated rings. The van der Waals surface area contributed by atoms with Gasteiger partial charge in [0, 0.05) is 6.20 Å². The fourth-order valence-electron chi connectivity index (χ4n) is 1.53. The molecule has 1 aliphatic heterocycles. The Morgan fingerprint density at radius 3 is 2.88 bits per heavy atom. The molecule has 1 aromatic rings. The van der Waals surface area contributed by atoms with Crippen LogP contribution in [-0.2, 0) is 4.74 Å². The lowest BCUT2D eigenvalue weighted by molar-refractivity contribution is -0.178. The number of aromatic nitrogens is 2. The van der Waals surface area contributed by atoms with Crippen LogP contribution in [0.25, 0.3) is 0 Å². The lowest BCUT2D eigenvalue weighted by atomic mass is 10.0. The van der Waals surface area contributed by atoms with Gasteiger partial charge in [0.2, 0.25) is 0 Å². The molecule has 8 heteroatoms. The summed E-state index contributed by atoms with van der Waals surface area (Å²) in [5, 5.41) is 31.0. The van der Waals surface area contributed by atoms with E-state index in [1.54, 1.807) is 0 Å².